The fraction of sp³-hybridized carbons (Fsp3) is 1.00. The first kappa shape index (κ1) is 7.91. The third kappa shape index (κ3) is 3.49. The van der Waals surface area contributed by atoms with Gasteiger partial charge in [-0.3, -0.25) is 0 Å². The molecule has 38 valence electrons. The second kappa shape index (κ2) is 5.05. The quantitative estimate of drug-likeness (QED) is 0.345. The van der Waals surface area contributed by atoms with Gasteiger partial charge in [0.1, 0.15) is 0 Å². The summed E-state index contributed by atoms with van der Waals surface area (Å²) in [4.78, 5) is 0. The summed E-state index contributed by atoms with van der Waals surface area (Å²) in [5.41, 5.74) is 0. The molecule has 0 unspecified atom stereocenters. The summed E-state index contributed by atoms with van der Waals surface area (Å²) in [7, 11) is 0. The van der Waals surface area contributed by atoms with Crippen molar-refractivity contribution in [3.05, 3.63) is 0 Å². The zero-order chi connectivity index (χ0) is 4.24. The zero-order valence-electron chi connectivity index (χ0n) is 5.74. The van der Waals surface area contributed by atoms with Gasteiger partial charge in [-0.15, -0.1) is 0 Å². The zero-order valence-corrected chi connectivity index (χ0v) is 5.55. The molecule has 1 nitrogen and oxygen atoms in total. The average Bonchev–Trinajstić information content (AvgIpc) is 1.72. The van der Waals surface area contributed by atoms with Crippen LogP contribution in [0.3, 0.4) is 0 Å². The van der Waals surface area contributed by atoms with Crippen LogP contribution in [0.1, 0.15) is 1.43 Å². The normalized spacial score (nSPS) is 20.6. The number of thioether (sulfide) groups is 1. The molecular weight excluding hydrogens is 101 g/mol. The minimum atomic E-state index is 0. The largest absolute Gasteiger partial charge is 1.00 e. The van der Waals surface area contributed by atoms with Crippen LogP contribution in [-0.4, -0.2) is 24.6 Å². The molecule has 0 amide bonds. The van der Waals surface area contributed by atoms with Gasteiger partial charge < -0.3 is 6.74 Å². The molecule has 1 fully saturated rings. The molecule has 0 atom stereocenters. The van der Waals surface area contributed by atoms with Crippen molar-refractivity contribution in [2.75, 3.05) is 24.6 Å². The van der Waals surface area contributed by atoms with Crippen molar-refractivity contribution in [1.82, 2.24) is 5.32 Å². The van der Waals surface area contributed by atoms with E-state index >= 15 is 0 Å². The summed E-state index contributed by atoms with van der Waals surface area (Å²) >= 11 is 2.03. The van der Waals surface area contributed by atoms with Gasteiger partial charge in [0.2, 0.25) is 0 Å². The molecule has 0 aliphatic carbocycles. The Morgan fingerprint density at radius 1 is 1.29 bits per heavy atom. The molecule has 1 heterocycles. The molecule has 0 aromatic carbocycles. The Kier molecular flexibility index (Phi) is 5.71. The van der Waals surface area contributed by atoms with Crippen molar-refractivity contribution in [3.8, 4) is 0 Å². The molecule has 0 spiro atoms. The molecule has 7 heavy (non-hydrogen) atoms. The first-order chi connectivity index (χ1) is 3.00. The van der Waals surface area contributed by atoms with Crippen LogP contribution in [0.5, 0.6) is 0 Å². The summed E-state index contributed by atoms with van der Waals surface area (Å²) in [5, 5.41) is 3.26. The Balaban J connectivity index is 0. The number of rotatable bonds is 0. The third-order valence-electron chi connectivity index (χ3n) is 0.846. The Morgan fingerprint density at radius 2 is 1.86 bits per heavy atom. The van der Waals surface area contributed by atoms with Crippen LogP contribution < -0.4 is 24.2 Å². The molecule has 1 saturated heterocycles. The molecule has 0 bridgehead atoms. The van der Waals surface area contributed by atoms with Gasteiger partial charge in [0.15, 0.2) is 0 Å². The molecule has 3 heteroatoms. The smallest absolute Gasteiger partial charge is 1.00 e. The number of hydrogen-bond donors (Lipinski definition) is 1. The van der Waals surface area contributed by atoms with Gasteiger partial charge >= 0.3 is 18.9 Å². The van der Waals surface area contributed by atoms with Crippen LogP contribution in [0.25, 0.3) is 0 Å². The van der Waals surface area contributed by atoms with Gasteiger partial charge in [0.25, 0.3) is 0 Å². The summed E-state index contributed by atoms with van der Waals surface area (Å²) in [6, 6.07) is 0. The van der Waals surface area contributed by atoms with E-state index < -0.39 is 0 Å². The predicted octanol–water partition coefficient (Wildman–Crippen LogP) is -2.56. The van der Waals surface area contributed by atoms with E-state index in [1.165, 1.54) is 24.6 Å². The first-order valence-corrected chi connectivity index (χ1v) is 3.44. The molecule has 1 rings (SSSR count). The van der Waals surface area contributed by atoms with Crippen LogP contribution in [-0.2, 0) is 0 Å². The van der Waals surface area contributed by atoms with Crippen molar-refractivity contribution in [2.24, 2.45) is 0 Å². The van der Waals surface area contributed by atoms with E-state index in [2.05, 4.69) is 5.32 Å². The third-order valence-corrected chi connectivity index (χ3v) is 1.83. The topological polar surface area (TPSA) is 12.0 Å². The summed E-state index contributed by atoms with van der Waals surface area (Å²) in [5.74, 6) is 2.61. The van der Waals surface area contributed by atoms with Crippen LogP contribution >= 0.6 is 11.8 Å². The van der Waals surface area contributed by atoms with E-state index in [0.717, 1.165) is 0 Å². The molecule has 1 N–H and O–H groups in total. The first-order valence-electron chi connectivity index (χ1n) is 2.28. The van der Waals surface area contributed by atoms with Crippen molar-refractivity contribution < 1.29 is 20.3 Å². The maximum atomic E-state index is 3.26. The van der Waals surface area contributed by atoms with E-state index in [9.17, 15) is 0 Å². The van der Waals surface area contributed by atoms with Crippen molar-refractivity contribution in [2.45, 2.75) is 0 Å². The van der Waals surface area contributed by atoms with Gasteiger partial charge in [-0.25, -0.2) is 0 Å². The molecule has 0 aromatic rings. The molecule has 0 radical (unpaired) electrons. The maximum Gasteiger partial charge on any atom is 1.00 e. The fourth-order valence-corrected chi connectivity index (χ4v) is 1.30. The molecule has 0 aromatic heterocycles. The van der Waals surface area contributed by atoms with Crippen LogP contribution in [0, 0.1) is 0 Å². The second-order valence-corrected chi connectivity index (χ2v) is 2.59. The van der Waals surface area contributed by atoms with E-state index in [1.54, 1.807) is 0 Å². The monoisotopic (exact) mass is 111 g/mol. The van der Waals surface area contributed by atoms with Gasteiger partial charge in [0.05, 0.1) is 0 Å². The van der Waals surface area contributed by atoms with Gasteiger partial charge in [-0.1, -0.05) is 0 Å². The van der Waals surface area contributed by atoms with Crippen molar-refractivity contribution >= 4 is 11.8 Å². The van der Waals surface area contributed by atoms with E-state index in [1.807, 2.05) is 11.8 Å². The Bertz CT molecular complexity index is 31.5. The Morgan fingerprint density at radius 3 is 2.00 bits per heavy atom. The number of nitrogens with one attached hydrogen (secondary N) is 1. The SMILES string of the molecule is C1CSCCN1.[H-].[Li+]. The molecular formula is C4H10LiNS. The van der Waals surface area contributed by atoms with E-state index in [-0.39, 0.29) is 20.3 Å². The molecule has 1 aliphatic heterocycles. The van der Waals surface area contributed by atoms with Gasteiger partial charge in [0, 0.05) is 24.6 Å². The summed E-state index contributed by atoms with van der Waals surface area (Å²) < 4.78 is 0. The number of hydrogen-bond acceptors (Lipinski definition) is 2. The van der Waals surface area contributed by atoms with Crippen molar-refractivity contribution in [1.29, 1.82) is 0 Å². The van der Waals surface area contributed by atoms with Crippen molar-refractivity contribution in [3.63, 3.8) is 0 Å². The second-order valence-electron chi connectivity index (χ2n) is 1.36. The van der Waals surface area contributed by atoms with Crippen LogP contribution in [0.15, 0.2) is 0 Å². The molecule has 0 saturated carbocycles. The summed E-state index contributed by atoms with van der Waals surface area (Å²) in [6.07, 6.45) is 0. The fourth-order valence-electron chi connectivity index (χ4n) is 0.516. The Hall–Kier alpha value is 0.907. The predicted molar refractivity (Wildman–Crippen MR) is 31.3 cm³/mol. The van der Waals surface area contributed by atoms with E-state index in [4.69, 9.17) is 0 Å². The van der Waals surface area contributed by atoms with E-state index in [0.29, 0.717) is 0 Å². The maximum absolute atomic E-state index is 3.26. The minimum Gasteiger partial charge on any atom is -1.00 e. The minimum absolute atomic E-state index is 0. The summed E-state index contributed by atoms with van der Waals surface area (Å²) in [6.45, 7) is 2.43. The standard InChI is InChI=1S/C4H9NS.Li.H/c1-3-6-4-2-5-1;;/h5H,1-4H2;;/q;+1;-1. The average molecular weight is 111 g/mol. The van der Waals surface area contributed by atoms with Gasteiger partial charge in [-0.05, 0) is 0 Å². The van der Waals surface area contributed by atoms with Crippen LogP contribution in [0.4, 0.5) is 0 Å². The molecule has 1 aliphatic rings. The Labute approximate surface area is 62.3 Å². The van der Waals surface area contributed by atoms with Crippen LogP contribution in [0.2, 0.25) is 0 Å². The van der Waals surface area contributed by atoms with Gasteiger partial charge in [-0.2, -0.15) is 11.8 Å².